The Morgan fingerprint density at radius 3 is 2.79 bits per heavy atom. The van der Waals surface area contributed by atoms with Crippen LogP contribution in [0, 0.1) is 0 Å². The third kappa shape index (κ3) is 3.80. The molecule has 0 spiro atoms. The molecule has 1 saturated heterocycles. The molecule has 8 nitrogen and oxygen atoms in total. The number of aromatic nitrogens is 2. The Morgan fingerprint density at radius 1 is 1.25 bits per heavy atom. The molecule has 1 fully saturated rings. The highest BCUT2D eigenvalue weighted by molar-refractivity contribution is 7.16. The zero-order chi connectivity index (χ0) is 16.9. The zero-order valence-electron chi connectivity index (χ0n) is 13.5. The molecule has 1 aliphatic heterocycles. The standard InChI is InChI=1S/C15H20N6O2S/c1-16-15(23)19-12(22)2-4-20-5-7-21(8-6-20)13-11-3-9-24-14(11)18-10-17-13/h3,9-10H,2,4-8H2,1H3,(H2,16,19,22,23). The maximum atomic E-state index is 11.6. The van der Waals surface area contributed by atoms with Crippen molar-refractivity contribution in [1.82, 2.24) is 25.5 Å². The van der Waals surface area contributed by atoms with Gasteiger partial charge in [0.2, 0.25) is 5.91 Å². The Hall–Kier alpha value is -2.26. The third-order valence-electron chi connectivity index (χ3n) is 4.05. The largest absolute Gasteiger partial charge is 0.353 e. The zero-order valence-corrected chi connectivity index (χ0v) is 14.3. The van der Waals surface area contributed by atoms with Crippen molar-refractivity contribution in [2.75, 3.05) is 44.7 Å². The van der Waals surface area contributed by atoms with Crippen LogP contribution in [0.25, 0.3) is 10.2 Å². The van der Waals surface area contributed by atoms with Crippen LogP contribution in [0.2, 0.25) is 0 Å². The van der Waals surface area contributed by atoms with Crippen molar-refractivity contribution in [1.29, 1.82) is 0 Å². The lowest BCUT2D eigenvalue weighted by Crippen LogP contribution is -2.48. The van der Waals surface area contributed by atoms with Crippen LogP contribution in [0.5, 0.6) is 0 Å². The van der Waals surface area contributed by atoms with E-state index in [1.54, 1.807) is 17.7 Å². The number of amides is 3. The van der Waals surface area contributed by atoms with Crippen LogP contribution in [0.1, 0.15) is 6.42 Å². The predicted molar refractivity (Wildman–Crippen MR) is 93.3 cm³/mol. The fourth-order valence-corrected chi connectivity index (χ4v) is 3.45. The SMILES string of the molecule is CNC(=O)NC(=O)CCN1CCN(c2ncnc3sccc23)CC1. The fourth-order valence-electron chi connectivity index (χ4n) is 2.72. The summed E-state index contributed by atoms with van der Waals surface area (Å²) in [6.07, 6.45) is 1.93. The molecule has 128 valence electrons. The normalized spacial score (nSPS) is 15.5. The van der Waals surface area contributed by atoms with E-state index in [9.17, 15) is 9.59 Å². The molecule has 3 rings (SSSR count). The smallest absolute Gasteiger partial charge is 0.321 e. The van der Waals surface area contributed by atoms with E-state index in [1.807, 2.05) is 5.38 Å². The van der Waals surface area contributed by atoms with Gasteiger partial charge in [-0.1, -0.05) is 0 Å². The quantitative estimate of drug-likeness (QED) is 0.844. The minimum absolute atomic E-state index is 0.257. The highest BCUT2D eigenvalue weighted by atomic mass is 32.1. The number of anilines is 1. The molecule has 2 N–H and O–H groups in total. The molecule has 24 heavy (non-hydrogen) atoms. The van der Waals surface area contributed by atoms with E-state index in [0.717, 1.165) is 42.2 Å². The summed E-state index contributed by atoms with van der Waals surface area (Å²) in [6.45, 7) is 4.10. The molecule has 9 heteroatoms. The molecule has 0 radical (unpaired) electrons. The first-order chi connectivity index (χ1) is 11.7. The average Bonchev–Trinajstić information content (AvgIpc) is 3.09. The lowest BCUT2D eigenvalue weighted by atomic mass is 10.2. The monoisotopic (exact) mass is 348 g/mol. The van der Waals surface area contributed by atoms with E-state index in [2.05, 4.69) is 36.5 Å². The second-order valence-corrected chi connectivity index (χ2v) is 6.44. The number of imide groups is 1. The van der Waals surface area contributed by atoms with Crippen LogP contribution >= 0.6 is 11.3 Å². The number of rotatable bonds is 4. The summed E-state index contributed by atoms with van der Waals surface area (Å²) in [5.74, 6) is 0.728. The Kier molecular flexibility index (Phi) is 5.21. The second-order valence-electron chi connectivity index (χ2n) is 5.54. The van der Waals surface area contributed by atoms with Gasteiger partial charge in [-0.05, 0) is 11.4 Å². The second kappa shape index (κ2) is 7.54. The Bertz CT molecular complexity index is 726. The molecule has 0 aliphatic carbocycles. The summed E-state index contributed by atoms with van der Waals surface area (Å²) in [4.78, 5) is 36.9. The third-order valence-corrected chi connectivity index (χ3v) is 4.87. The van der Waals surface area contributed by atoms with Crippen molar-refractivity contribution >= 4 is 39.3 Å². The van der Waals surface area contributed by atoms with E-state index in [1.165, 1.54) is 7.05 Å². The van der Waals surface area contributed by atoms with E-state index >= 15 is 0 Å². The van der Waals surface area contributed by atoms with Crippen LogP contribution in [-0.2, 0) is 4.79 Å². The first-order valence-corrected chi connectivity index (χ1v) is 8.72. The molecule has 0 atom stereocenters. The molecular formula is C15H20N6O2S. The van der Waals surface area contributed by atoms with Crippen LogP contribution in [0.15, 0.2) is 17.8 Å². The molecule has 0 unspecified atom stereocenters. The number of nitrogens with zero attached hydrogens (tertiary/aromatic N) is 4. The first kappa shape index (κ1) is 16.6. The van der Waals surface area contributed by atoms with Crippen molar-refractivity contribution in [3.05, 3.63) is 17.8 Å². The van der Waals surface area contributed by atoms with Crippen molar-refractivity contribution in [3.8, 4) is 0 Å². The maximum absolute atomic E-state index is 11.6. The van der Waals surface area contributed by atoms with Gasteiger partial charge in [0.05, 0.1) is 5.39 Å². The van der Waals surface area contributed by atoms with E-state index in [4.69, 9.17) is 0 Å². The van der Waals surface area contributed by atoms with Crippen molar-refractivity contribution in [2.24, 2.45) is 0 Å². The van der Waals surface area contributed by atoms with Gasteiger partial charge < -0.3 is 10.2 Å². The van der Waals surface area contributed by atoms with Crippen LogP contribution < -0.4 is 15.5 Å². The van der Waals surface area contributed by atoms with E-state index in [0.29, 0.717) is 13.0 Å². The number of nitrogens with one attached hydrogen (secondary N) is 2. The van der Waals surface area contributed by atoms with Gasteiger partial charge in [-0.2, -0.15) is 0 Å². The number of fused-ring (bicyclic) bond motifs is 1. The average molecular weight is 348 g/mol. The van der Waals surface area contributed by atoms with Gasteiger partial charge in [-0.3, -0.25) is 15.0 Å². The number of hydrogen-bond acceptors (Lipinski definition) is 7. The Balaban J connectivity index is 1.50. The first-order valence-electron chi connectivity index (χ1n) is 7.84. The van der Waals surface area contributed by atoms with Crippen LogP contribution in [-0.4, -0.2) is 66.6 Å². The molecule has 3 heterocycles. The van der Waals surface area contributed by atoms with E-state index in [-0.39, 0.29) is 5.91 Å². The number of carbonyl (C=O) groups is 2. The molecule has 0 saturated carbocycles. The van der Waals surface area contributed by atoms with E-state index < -0.39 is 6.03 Å². The number of carbonyl (C=O) groups excluding carboxylic acids is 2. The molecular weight excluding hydrogens is 328 g/mol. The molecule has 3 amide bonds. The highest BCUT2D eigenvalue weighted by Crippen LogP contribution is 2.27. The predicted octanol–water partition coefficient (Wildman–Crippen LogP) is 0.659. The Labute approximate surface area is 143 Å². The lowest BCUT2D eigenvalue weighted by Gasteiger charge is -2.35. The fraction of sp³-hybridized carbons (Fsp3) is 0.467. The summed E-state index contributed by atoms with van der Waals surface area (Å²) < 4.78 is 0. The van der Waals surface area contributed by atoms with Crippen molar-refractivity contribution < 1.29 is 9.59 Å². The van der Waals surface area contributed by atoms with Gasteiger partial charge in [0.1, 0.15) is 17.0 Å². The molecule has 0 bridgehead atoms. The number of piperazine rings is 1. The minimum atomic E-state index is -0.464. The van der Waals surface area contributed by atoms with Gasteiger partial charge in [0.25, 0.3) is 0 Å². The minimum Gasteiger partial charge on any atom is -0.353 e. The van der Waals surface area contributed by atoms with Gasteiger partial charge in [-0.15, -0.1) is 11.3 Å². The van der Waals surface area contributed by atoms with Gasteiger partial charge >= 0.3 is 6.03 Å². The Morgan fingerprint density at radius 2 is 2.04 bits per heavy atom. The number of urea groups is 1. The highest BCUT2D eigenvalue weighted by Gasteiger charge is 2.20. The molecule has 2 aromatic heterocycles. The molecule has 1 aliphatic rings. The topological polar surface area (TPSA) is 90.5 Å². The van der Waals surface area contributed by atoms with Crippen molar-refractivity contribution in [2.45, 2.75) is 6.42 Å². The number of hydrogen-bond donors (Lipinski definition) is 2. The molecule has 2 aromatic rings. The lowest BCUT2D eigenvalue weighted by molar-refractivity contribution is -0.120. The van der Waals surface area contributed by atoms with Gasteiger partial charge in [-0.25, -0.2) is 14.8 Å². The summed E-state index contributed by atoms with van der Waals surface area (Å²) in [5, 5.41) is 7.78. The summed E-state index contributed by atoms with van der Waals surface area (Å²) in [5.41, 5.74) is 0. The molecule has 0 aromatic carbocycles. The van der Waals surface area contributed by atoms with Gasteiger partial charge in [0, 0.05) is 46.2 Å². The maximum Gasteiger partial charge on any atom is 0.321 e. The van der Waals surface area contributed by atoms with Crippen molar-refractivity contribution in [3.63, 3.8) is 0 Å². The summed E-state index contributed by atoms with van der Waals surface area (Å²) in [6, 6.07) is 1.60. The number of thiophene rings is 1. The van der Waals surface area contributed by atoms with Crippen LogP contribution in [0.3, 0.4) is 0 Å². The van der Waals surface area contributed by atoms with Gasteiger partial charge in [0.15, 0.2) is 0 Å². The summed E-state index contributed by atoms with van der Waals surface area (Å²) in [7, 11) is 1.49. The van der Waals surface area contributed by atoms with Crippen LogP contribution in [0.4, 0.5) is 10.6 Å². The summed E-state index contributed by atoms with van der Waals surface area (Å²) >= 11 is 1.62.